The van der Waals surface area contributed by atoms with E-state index in [1.54, 1.807) is 11.0 Å². The molecule has 98 valence electrons. The van der Waals surface area contributed by atoms with E-state index in [0.29, 0.717) is 18.7 Å². The molecular weight excluding hydrogens is 242 g/mol. The summed E-state index contributed by atoms with van der Waals surface area (Å²) in [5.74, 6) is -0.246. The van der Waals surface area contributed by atoms with Crippen LogP contribution in [0.15, 0.2) is 24.3 Å². The van der Waals surface area contributed by atoms with Gasteiger partial charge in [-0.15, -0.1) is 0 Å². The number of carbonyl (C=O) groups is 1. The molecule has 0 aliphatic carbocycles. The van der Waals surface area contributed by atoms with Crippen LogP contribution in [0.2, 0.25) is 0 Å². The van der Waals surface area contributed by atoms with Gasteiger partial charge in [0.25, 0.3) is 5.91 Å². The van der Waals surface area contributed by atoms with Crippen molar-refractivity contribution < 1.29 is 18.3 Å². The monoisotopic (exact) mass is 256 g/mol. The van der Waals surface area contributed by atoms with E-state index in [1.807, 2.05) is 6.92 Å². The van der Waals surface area contributed by atoms with Crippen molar-refractivity contribution in [2.24, 2.45) is 5.73 Å². The third-order valence-corrected chi connectivity index (χ3v) is 2.70. The molecule has 2 N–H and O–H groups in total. The first kappa shape index (κ1) is 12.8. The van der Waals surface area contributed by atoms with E-state index >= 15 is 0 Å². The minimum Gasteiger partial charge on any atom is -0.435 e. The smallest absolute Gasteiger partial charge is 0.387 e. The van der Waals surface area contributed by atoms with Crippen LogP contribution in [0.1, 0.15) is 17.3 Å². The van der Waals surface area contributed by atoms with Gasteiger partial charge in [-0.3, -0.25) is 4.79 Å². The second kappa shape index (κ2) is 4.53. The summed E-state index contributed by atoms with van der Waals surface area (Å²) in [6.07, 6.45) is 0. The van der Waals surface area contributed by atoms with E-state index < -0.39 is 6.61 Å². The SMILES string of the molecule is CC1(N)CN(C(=O)c2cccc(OC(F)F)c2)C1. The number of carbonyl (C=O) groups excluding carboxylic acids is 1. The molecule has 1 heterocycles. The molecule has 0 aromatic heterocycles. The van der Waals surface area contributed by atoms with E-state index in [0.717, 1.165) is 0 Å². The minimum atomic E-state index is -2.90. The largest absolute Gasteiger partial charge is 0.435 e. The van der Waals surface area contributed by atoms with Crippen LogP contribution in [-0.4, -0.2) is 36.0 Å². The maximum Gasteiger partial charge on any atom is 0.387 e. The topological polar surface area (TPSA) is 55.6 Å². The van der Waals surface area contributed by atoms with Gasteiger partial charge in [0.05, 0.1) is 0 Å². The lowest BCUT2D eigenvalue weighted by Crippen LogP contribution is -2.66. The molecule has 0 atom stereocenters. The Morgan fingerprint density at radius 3 is 2.72 bits per heavy atom. The van der Waals surface area contributed by atoms with Crippen molar-refractivity contribution in [2.75, 3.05) is 13.1 Å². The van der Waals surface area contributed by atoms with Gasteiger partial charge in [-0.25, -0.2) is 0 Å². The first-order valence-electron chi connectivity index (χ1n) is 5.50. The van der Waals surface area contributed by atoms with Crippen LogP contribution in [0, 0.1) is 0 Å². The summed E-state index contributed by atoms with van der Waals surface area (Å²) >= 11 is 0. The first-order valence-corrected chi connectivity index (χ1v) is 5.50. The van der Waals surface area contributed by atoms with Gasteiger partial charge in [0, 0.05) is 24.2 Å². The number of benzene rings is 1. The van der Waals surface area contributed by atoms with Crippen molar-refractivity contribution >= 4 is 5.91 Å². The van der Waals surface area contributed by atoms with Crippen molar-refractivity contribution in [3.05, 3.63) is 29.8 Å². The number of nitrogens with zero attached hydrogens (tertiary/aromatic N) is 1. The molecule has 6 heteroatoms. The fourth-order valence-electron chi connectivity index (χ4n) is 1.96. The quantitative estimate of drug-likeness (QED) is 0.890. The Morgan fingerprint density at radius 2 is 2.17 bits per heavy atom. The molecule has 2 rings (SSSR count). The Labute approximate surface area is 103 Å². The van der Waals surface area contributed by atoms with Gasteiger partial charge in [-0.05, 0) is 25.1 Å². The molecule has 4 nitrogen and oxygen atoms in total. The zero-order valence-corrected chi connectivity index (χ0v) is 9.90. The van der Waals surface area contributed by atoms with Gasteiger partial charge < -0.3 is 15.4 Å². The van der Waals surface area contributed by atoms with Crippen LogP contribution in [0.3, 0.4) is 0 Å². The zero-order chi connectivity index (χ0) is 13.3. The summed E-state index contributed by atoms with van der Waals surface area (Å²) in [6.45, 7) is -0.114. The van der Waals surface area contributed by atoms with E-state index in [4.69, 9.17) is 5.73 Å². The van der Waals surface area contributed by atoms with Crippen molar-refractivity contribution in [2.45, 2.75) is 19.1 Å². The normalized spacial score (nSPS) is 17.5. The highest BCUT2D eigenvalue weighted by Gasteiger charge is 2.38. The molecule has 1 saturated heterocycles. The average molecular weight is 256 g/mol. The molecule has 1 aliphatic rings. The van der Waals surface area contributed by atoms with Crippen LogP contribution in [-0.2, 0) is 0 Å². The summed E-state index contributed by atoms with van der Waals surface area (Å²) in [7, 11) is 0. The molecule has 0 radical (unpaired) electrons. The summed E-state index contributed by atoms with van der Waals surface area (Å²) in [5.41, 5.74) is 5.77. The lowest BCUT2D eigenvalue weighted by atomic mass is 9.93. The molecular formula is C12H14F2N2O2. The molecule has 1 aromatic carbocycles. The predicted molar refractivity (Wildman–Crippen MR) is 61.6 cm³/mol. The fourth-order valence-corrected chi connectivity index (χ4v) is 1.96. The van der Waals surface area contributed by atoms with Gasteiger partial charge in [0.2, 0.25) is 0 Å². The Balaban J connectivity index is 2.07. The van der Waals surface area contributed by atoms with Crippen LogP contribution >= 0.6 is 0 Å². The maximum absolute atomic E-state index is 12.1. The Morgan fingerprint density at radius 1 is 1.50 bits per heavy atom. The van der Waals surface area contributed by atoms with Crippen LogP contribution in [0.25, 0.3) is 0 Å². The number of amides is 1. The van der Waals surface area contributed by atoms with Crippen molar-refractivity contribution in [1.29, 1.82) is 0 Å². The van der Waals surface area contributed by atoms with E-state index in [-0.39, 0.29) is 17.2 Å². The van der Waals surface area contributed by atoms with Gasteiger partial charge in [0.15, 0.2) is 0 Å². The Hall–Kier alpha value is -1.69. The highest BCUT2D eigenvalue weighted by molar-refractivity contribution is 5.95. The predicted octanol–water partition coefficient (Wildman–Crippen LogP) is 1.46. The molecule has 0 bridgehead atoms. The zero-order valence-electron chi connectivity index (χ0n) is 9.90. The first-order chi connectivity index (χ1) is 8.37. The van der Waals surface area contributed by atoms with E-state index in [9.17, 15) is 13.6 Å². The summed E-state index contributed by atoms with van der Waals surface area (Å²) < 4.78 is 28.4. The van der Waals surface area contributed by atoms with Gasteiger partial charge >= 0.3 is 6.61 Å². The number of hydrogen-bond donors (Lipinski definition) is 1. The summed E-state index contributed by atoms with van der Waals surface area (Å²) in [5, 5.41) is 0. The summed E-state index contributed by atoms with van der Waals surface area (Å²) in [4.78, 5) is 13.6. The fraction of sp³-hybridized carbons (Fsp3) is 0.417. The number of rotatable bonds is 3. The minimum absolute atomic E-state index is 0.0214. The highest BCUT2D eigenvalue weighted by atomic mass is 19.3. The number of ether oxygens (including phenoxy) is 1. The molecule has 1 aromatic rings. The lowest BCUT2D eigenvalue weighted by Gasteiger charge is -2.45. The highest BCUT2D eigenvalue weighted by Crippen LogP contribution is 2.22. The Bertz CT molecular complexity index is 455. The number of likely N-dealkylation sites (tertiary alicyclic amines) is 1. The van der Waals surface area contributed by atoms with Gasteiger partial charge in [0.1, 0.15) is 5.75 Å². The average Bonchev–Trinajstić information content (AvgIpc) is 2.24. The maximum atomic E-state index is 12.1. The standard InChI is InChI=1S/C12H14F2N2O2/c1-12(15)6-16(7-12)10(17)8-3-2-4-9(5-8)18-11(13)14/h2-5,11H,6-7,15H2,1H3. The van der Waals surface area contributed by atoms with Crippen molar-refractivity contribution in [1.82, 2.24) is 4.90 Å². The molecule has 18 heavy (non-hydrogen) atoms. The third kappa shape index (κ3) is 2.76. The third-order valence-electron chi connectivity index (χ3n) is 2.70. The Kier molecular flexibility index (Phi) is 3.21. The molecule has 0 unspecified atom stereocenters. The number of alkyl halides is 2. The van der Waals surface area contributed by atoms with Crippen LogP contribution < -0.4 is 10.5 Å². The van der Waals surface area contributed by atoms with E-state index in [2.05, 4.69) is 4.74 Å². The second-order valence-corrected chi connectivity index (χ2v) is 4.72. The summed E-state index contributed by atoms with van der Waals surface area (Å²) in [6, 6.07) is 5.76. The van der Waals surface area contributed by atoms with Crippen LogP contribution in [0.4, 0.5) is 8.78 Å². The van der Waals surface area contributed by atoms with Crippen molar-refractivity contribution in [3.63, 3.8) is 0 Å². The molecule has 1 amide bonds. The molecule has 1 fully saturated rings. The number of nitrogens with two attached hydrogens (primary N) is 1. The van der Waals surface area contributed by atoms with Crippen LogP contribution in [0.5, 0.6) is 5.75 Å². The molecule has 0 saturated carbocycles. The van der Waals surface area contributed by atoms with Gasteiger partial charge in [-0.2, -0.15) is 8.78 Å². The van der Waals surface area contributed by atoms with Crippen molar-refractivity contribution in [3.8, 4) is 5.75 Å². The molecule has 1 aliphatic heterocycles. The molecule has 0 spiro atoms. The van der Waals surface area contributed by atoms with E-state index in [1.165, 1.54) is 18.2 Å². The second-order valence-electron chi connectivity index (χ2n) is 4.72. The van der Waals surface area contributed by atoms with Gasteiger partial charge in [-0.1, -0.05) is 6.07 Å². The number of hydrogen-bond acceptors (Lipinski definition) is 3. The lowest BCUT2D eigenvalue weighted by molar-refractivity contribution is -0.0499. The number of halogens is 2.